The molecule has 274 valence electrons. The summed E-state index contributed by atoms with van der Waals surface area (Å²) in [5.41, 5.74) is 4.51. The molecule has 0 atom stereocenters. The third-order valence-electron chi connectivity index (χ3n) is 8.73. The monoisotopic (exact) mass is 734 g/mol. The van der Waals surface area contributed by atoms with Gasteiger partial charge in [-0.05, 0) is 92.3 Å². The molecule has 0 bridgehead atoms. The molecule has 12 heteroatoms. The largest absolute Gasteiger partial charge is 0.478 e. The van der Waals surface area contributed by atoms with Crippen molar-refractivity contribution in [2.75, 3.05) is 10.6 Å². The molecule has 7 rings (SSSR count). The summed E-state index contributed by atoms with van der Waals surface area (Å²) >= 11 is 0. The molecule has 0 saturated heterocycles. The summed E-state index contributed by atoms with van der Waals surface area (Å²) in [7, 11) is 0. The first-order chi connectivity index (χ1) is 25.8. The highest BCUT2D eigenvalue weighted by molar-refractivity contribution is 5.96. The van der Waals surface area contributed by atoms with Gasteiger partial charge >= 0.3 is 18.1 Å². The molecule has 1 fully saturated rings. The van der Waals surface area contributed by atoms with Crippen molar-refractivity contribution in [1.29, 1.82) is 0 Å². The maximum Gasteiger partial charge on any atom is 0.418 e. The van der Waals surface area contributed by atoms with E-state index in [2.05, 4.69) is 20.6 Å². The van der Waals surface area contributed by atoms with Crippen molar-refractivity contribution < 1.29 is 37.4 Å². The maximum atomic E-state index is 14.0. The topological polar surface area (TPSA) is 124 Å². The number of halogens is 4. The van der Waals surface area contributed by atoms with Crippen LogP contribution in [0.1, 0.15) is 61.7 Å². The summed E-state index contributed by atoms with van der Waals surface area (Å²) in [6.07, 6.45) is 0.275. The van der Waals surface area contributed by atoms with Gasteiger partial charge < -0.3 is 20.8 Å². The highest BCUT2D eigenvalue weighted by Crippen LogP contribution is 2.42. The van der Waals surface area contributed by atoms with E-state index in [1.165, 1.54) is 12.3 Å². The van der Waals surface area contributed by atoms with E-state index in [1.807, 2.05) is 32.0 Å². The van der Waals surface area contributed by atoms with Crippen LogP contribution in [-0.2, 0) is 6.18 Å². The van der Waals surface area contributed by atoms with Crippen molar-refractivity contribution >= 4 is 34.7 Å². The second kappa shape index (κ2) is 15.6. The number of aromatic carboxylic acids is 2. The molecule has 4 N–H and O–H groups in total. The number of hydrogen-bond donors (Lipinski definition) is 4. The van der Waals surface area contributed by atoms with Crippen molar-refractivity contribution in [1.82, 2.24) is 9.97 Å². The molecule has 2 aromatic heterocycles. The number of pyridine rings is 2. The second-order valence-corrected chi connectivity index (χ2v) is 12.8. The zero-order chi connectivity index (χ0) is 38.6. The lowest BCUT2D eigenvalue weighted by molar-refractivity contribution is -0.137. The number of aromatic nitrogens is 2. The van der Waals surface area contributed by atoms with Crippen LogP contribution in [-0.4, -0.2) is 32.1 Å². The van der Waals surface area contributed by atoms with Gasteiger partial charge in [-0.1, -0.05) is 60.2 Å². The molecule has 0 aliphatic heterocycles. The smallest absolute Gasteiger partial charge is 0.418 e. The summed E-state index contributed by atoms with van der Waals surface area (Å²) in [5, 5.41) is 24.7. The Labute approximate surface area is 308 Å². The lowest BCUT2D eigenvalue weighted by Crippen LogP contribution is -2.10. The zero-order valence-corrected chi connectivity index (χ0v) is 29.1. The first kappa shape index (κ1) is 37.2. The Morgan fingerprint density at radius 3 is 1.87 bits per heavy atom. The molecule has 1 aliphatic rings. The average Bonchev–Trinajstić information content (AvgIpc) is 3.99. The van der Waals surface area contributed by atoms with Crippen molar-refractivity contribution in [3.8, 4) is 22.5 Å². The van der Waals surface area contributed by atoms with E-state index in [0.717, 1.165) is 35.6 Å². The summed E-state index contributed by atoms with van der Waals surface area (Å²) in [6, 6.07) is 27.5. The average molecular weight is 735 g/mol. The zero-order valence-electron chi connectivity index (χ0n) is 29.1. The van der Waals surface area contributed by atoms with Gasteiger partial charge in [0.1, 0.15) is 5.82 Å². The summed E-state index contributed by atoms with van der Waals surface area (Å²) < 4.78 is 54.9. The number of benzene rings is 4. The number of anilines is 4. The molecule has 0 spiro atoms. The van der Waals surface area contributed by atoms with Gasteiger partial charge in [0, 0.05) is 11.1 Å². The van der Waals surface area contributed by atoms with E-state index >= 15 is 0 Å². The van der Waals surface area contributed by atoms with E-state index in [1.54, 1.807) is 79.0 Å². The van der Waals surface area contributed by atoms with E-state index in [-0.39, 0.29) is 34.0 Å². The van der Waals surface area contributed by atoms with Crippen LogP contribution >= 0.6 is 0 Å². The molecule has 6 aromatic rings. The fourth-order valence-electron chi connectivity index (χ4n) is 5.93. The molecular weight excluding hydrogens is 700 g/mol. The Kier molecular flexibility index (Phi) is 10.7. The van der Waals surface area contributed by atoms with Crippen LogP contribution in [0.4, 0.5) is 40.3 Å². The fraction of sp³-hybridized carbons (Fsp3) is 0.143. The van der Waals surface area contributed by atoms with Crippen LogP contribution in [0.25, 0.3) is 22.5 Å². The number of alkyl halides is 3. The first-order valence-electron chi connectivity index (χ1n) is 16.9. The van der Waals surface area contributed by atoms with Crippen LogP contribution < -0.4 is 10.6 Å². The van der Waals surface area contributed by atoms with E-state index in [0.29, 0.717) is 34.1 Å². The highest BCUT2D eigenvalue weighted by atomic mass is 19.4. The standard InChI is InChI=1S/C22H17F3N2O2.C20H17FN2O2/c23-22(24,25)18-11-16(12-26-20(18)14-4-2-1-3-5-14)27-19-9-8-15(13-6-7-13)10-17(19)21(28)29;1-12-7-8-18(16(9-12)20(24)25)23-14-10-13(2)19(22-11-14)15-5-3-4-6-17(15)21/h1-5,8-13,27H,6-7H2,(H,28,29);3-11,23H,1-2H3,(H,24,25). The molecule has 54 heavy (non-hydrogen) atoms. The van der Waals surface area contributed by atoms with Crippen molar-refractivity contribution in [2.24, 2.45) is 0 Å². The van der Waals surface area contributed by atoms with Gasteiger partial charge in [-0.25, -0.2) is 14.0 Å². The lowest BCUT2D eigenvalue weighted by atomic mass is 10.0. The Morgan fingerprint density at radius 2 is 1.28 bits per heavy atom. The van der Waals surface area contributed by atoms with Crippen molar-refractivity contribution in [3.63, 3.8) is 0 Å². The Bertz CT molecular complexity index is 2340. The fourth-order valence-corrected chi connectivity index (χ4v) is 5.93. The highest BCUT2D eigenvalue weighted by Gasteiger charge is 2.35. The second-order valence-electron chi connectivity index (χ2n) is 12.8. The van der Waals surface area contributed by atoms with E-state index in [9.17, 15) is 37.4 Å². The van der Waals surface area contributed by atoms with Gasteiger partial charge in [0.25, 0.3) is 0 Å². The van der Waals surface area contributed by atoms with Gasteiger partial charge in [0.2, 0.25) is 0 Å². The summed E-state index contributed by atoms with van der Waals surface area (Å²) in [6.45, 7) is 3.68. The molecule has 2 heterocycles. The molecular formula is C42H34F4N4O4. The Morgan fingerprint density at radius 1 is 0.704 bits per heavy atom. The van der Waals surface area contributed by atoms with Crippen molar-refractivity contribution in [3.05, 3.63) is 155 Å². The minimum Gasteiger partial charge on any atom is -0.478 e. The lowest BCUT2D eigenvalue weighted by Gasteiger charge is -2.16. The summed E-state index contributed by atoms with van der Waals surface area (Å²) in [4.78, 5) is 31.4. The number of carboxylic acid groups (broad SMARTS) is 2. The minimum absolute atomic E-state index is 0.0232. The number of aryl methyl sites for hydroxylation is 2. The number of rotatable bonds is 9. The van der Waals surface area contributed by atoms with Crippen molar-refractivity contribution in [2.45, 2.75) is 38.8 Å². The first-order valence-corrected chi connectivity index (χ1v) is 16.9. The number of hydrogen-bond acceptors (Lipinski definition) is 6. The van der Waals surface area contributed by atoms with Crippen LogP contribution in [0.15, 0.2) is 116 Å². The molecule has 1 saturated carbocycles. The summed E-state index contributed by atoms with van der Waals surface area (Å²) in [5.74, 6) is -2.10. The minimum atomic E-state index is -4.61. The van der Waals surface area contributed by atoms with Gasteiger partial charge in [-0.3, -0.25) is 9.97 Å². The molecule has 4 aromatic carbocycles. The Hall–Kier alpha value is -6.56. The van der Waals surface area contributed by atoms with E-state index < -0.39 is 23.7 Å². The van der Waals surface area contributed by atoms with Gasteiger partial charge in [-0.2, -0.15) is 13.2 Å². The van der Waals surface area contributed by atoms with Crippen LogP contribution in [0.5, 0.6) is 0 Å². The molecule has 1 aliphatic carbocycles. The number of nitrogens with zero attached hydrogens (tertiary/aromatic N) is 2. The number of carbonyl (C=O) groups is 2. The van der Waals surface area contributed by atoms with Gasteiger partial charge in [0.05, 0.1) is 63.2 Å². The van der Waals surface area contributed by atoms with Crippen LogP contribution in [0, 0.1) is 19.7 Å². The van der Waals surface area contributed by atoms with Crippen LogP contribution in [0.3, 0.4) is 0 Å². The Balaban J connectivity index is 0.000000186. The third kappa shape index (κ3) is 8.72. The quantitative estimate of drug-likeness (QED) is 0.108. The SMILES string of the molecule is Cc1ccc(Nc2cnc(-c3ccccc3F)c(C)c2)c(C(=O)O)c1.O=C(O)c1cc(C2CC2)ccc1Nc1cnc(-c2ccccc2)c(C(F)(F)F)c1. The van der Waals surface area contributed by atoms with Crippen LogP contribution in [0.2, 0.25) is 0 Å². The molecule has 0 amide bonds. The third-order valence-corrected chi connectivity index (χ3v) is 8.73. The molecule has 0 radical (unpaired) electrons. The molecule has 0 unspecified atom stereocenters. The maximum absolute atomic E-state index is 14.0. The van der Waals surface area contributed by atoms with Gasteiger partial charge in [0.15, 0.2) is 0 Å². The number of carboxylic acids is 2. The predicted molar refractivity (Wildman–Crippen MR) is 199 cm³/mol. The molecule has 8 nitrogen and oxygen atoms in total. The predicted octanol–water partition coefficient (Wildman–Crippen LogP) is 11.0. The number of nitrogens with one attached hydrogen (secondary N) is 2. The van der Waals surface area contributed by atoms with Gasteiger partial charge in [-0.15, -0.1) is 0 Å². The van der Waals surface area contributed by atoms with E-state index in [4.69, 9.17) is 0 Å². The normalized spacial score (nSPS) is 12.3.